The first-order valence-corrected chi connectivity index (χ1v) is 8.16. The van der Waals surface area contributed by atoms with Gasteiger partial charge in [0, 0.05) is 18.9 Å². The predicted molar refractivity (Wildman–Crippen MR) is 93.9 cm³/mol. The maximum absolute atomic E-state index is 12.7. The molecule has 2 aromatic rings. The van der Waals surface area contributed by atoms with Crippen molar-refractivity contribution in [3.63, 3.8) is 0 Å². The number of hydrogen-bond donors (Lipinski definition) is 0. The predicted octanol–water partition coefficient (Wildman–Crippen LogP) is 2.50. The van der Waals surface area contributed by atoms with Crippen LogP contribution in [0.5, 0.6) is 0 Å². The second-order valence-corrected chi connectivity index (χ2v) is 6.64. The van der Waals surface area contributed by atoms with Gasteiger partial charge in [0.25, 0.3) is 5.91 Å². The van der Waals surface area contributed by atoms with Crippen LogP contribution >= 0.6 is 0 Å². The second kappa shape index (κ2) is 8.37. The molecule has 0 aliphatic heterocycles. The summed E-state index contributed by atoms with van der Waals surface area (Å²) in [4.78, 5) is 34.2. The van der Waals surface area contributed by atoms with E-state index in [1.807, 2.05) is 30.3 Å². The third-order valence-corrected chi connectivity index (χ3v) is 3.32. The van der Waals surface area contributed by atoms with Gasteiger partial charge in [0.15, 0.2) is 0 Å². The van der Waals surface area contributed by atoms with Crippen LogP contribution in [0.4, 0.5) is 0 Å². The highest BCUT2D eigenvalue weighted by Gasteiger charge is 2.23. The molecule has 0 N–H and O–H groups in total. The molecule has 0 unspecified atom stereocenters. The van der Waals surface area contributed by atoms with Gasteiger partial charge in [-0.25, -0.2) is 4.98 Å². The second-order valence-electron chi connectivity index (χ2n) is 6.64. The quantitative estimate of drug-likeness (QED) is 0.755. The Balaban J connectivity index is 2.10. The minimum Gasteiger partial charge on any atom is -0.459 e. The van der Waals surface area contributed by atoms with Crippen LogP contribution in [-0.2, 0) is 16.0 Å². The van der Waals surface area contributed by atoms with Crippen LogP contribution in [0.2, 0.25) is 0 Å². The van der Waals surface area contributed by atoms with Gasteiger partial charge in [-0.3, -0.25) is 14.6 Å². The summed E-state index contributed by atoms with van der Waals surface area (Å²) in [5, 5.41) is 0. The Morgan fingerprint density at radius 3 is 2.44 bits per heavy atom. The van der Waals surface area contributed by atoms with E-state index in [1.54, 1.807) is 20.8 Å². The van der Waals surface area contributed by atoms with E-state index < -0.39 is 11.6 Å². The molecule has 1 aromatic carbocycles. The van der Waals surface area contributed by atoms with Crippen LogP contribution in [0.15, 0.2) is 48.9 Å². The number of benzene rings is 1. The zero-order valence-electron chi connectivity index (χ0n) is 14.8. The number of aromatic nitrogens is 2. The lowest BCUT2D eigenvalue weighted by Gasteiger charge is -2.25. The number of rotatable bonds is 6. The summed E-state index contributed by atoms with van der Waals surface area (Å²) in [6.45, 7) is 5.65. The zero-order chi connectivity index (χ0) is 18.3. The van der Waals surface area contributed by atoms with Gasteiger partial charge in [0.2, 0.25) is 0 Å². The van der Waals surface area contributed by atoms with Gasteiger partial charge in [0.1, 0.15) is 17.8 Å². The minimum absolute atomic E-state index is 0.125. The molecule has 0 bridgehead atoms. The molecule has 25 heavy (non-hydrogen) atoms. The first-order valence-electron chi connectivity index (χ1n) is 8.16. The average molecular weight is 341 g/mol. The van der Waals surface area contributed by atoms with E-state index in [4.69, 9.17) is 4.74 Å². The summed E-state index contributed by atoms with van der Waals surface area (Å²) in [6.07, 6.45) is 4.98. The van der Waals surface area contributed by atoms with Crippen LogP contribution in [0.1, 0.15) is 36.8 Å². The zero-order valence-corrected chi connectivity index (χ0v) is 14.8. The van der Waals surface area contributed by atoms with Crippen molar-refractivity contribution in [2.24, 2.45) is 0 Å². The molecule has 0 radical (unpaired) electrons. The molecule has 6 heteroatoms. The van der Waals surface area contributed by atoms with E-state index in [1.165, 1.54) is 23.5 Å². The lowest BCUT2D eigenvalue weighted by Crippen LogP contribution is -2.40. The number of esters is 1. The van der Waals surface area contributed by atoms with E-state index in [2.05, 4.69) is 9.97 Å². The van der Waals surface area contributed by atoms with Crippen molar-refractivity contribution >= 4 is 11.9 Å². The first kappa shape index (κ1) is 18.6. The van der Waals surface area contributed by atoms with Crippen molar-refractivity contribution in [1.82, 2.24) is 14.9 Å². The average Bonchev–Trinajstić information content (AvgIpc) is 2.58. The van der Waals surface area contributed by atoms with Gasteiger partial charge in [0.05, 0.1) is 6.20 Å². The van der Waals surface area contributed by atoms with E-state index in [0.29, 0.717) is 13.0 Å². The van der Waals surface area contributed by atoms with Crippen LogP contribution in [-0.4, -0.2) is 45.4 Å². The number of carbonyl (C=O) groups excluding carboxylic acids is 2. The van der Waals surface area contributed by atoms with Crippen molar-refractivity contribution in [3.05, 3.63) is 60.2 Å². The van der Waals surface area contributed by atoms with Crippen molar-refractivity contribution in [2.45, 2.75) is 32.8 Å². The fourth-order valence-corrected chi connectivity index (χ4v) is 2.26. The summed E-state index contributed by atoms with van der Waals surface area (Å²) in [6, 6.07) is 9.79. The topological polar surface area (TPSA) is 72.4 Å². The van der Waals surface area contributed by atoms with E-state index >= 15 is 0 Å². The highest BCUT2D eigenvalue weighted by Crippen LogP contribution is 2.10. The summed E-state index contributed by atoms with van der Waals surface area (Å²) in [7, 11) is 0. The monoisotopic (exact) mass is 341 g/mol. The third kappa shape index (κ3) is 6.33. The molecule has 0 saturated carbocycles. The summed E-state index contributed by atoms with van der Waals surface area (Å²) < 4.78 is 5.34. The van der Waals surface area contributed by atoms with Crippen LogP contribution in [0, 0.1) is 0 Å². The Kier molecular flexibility index (Phi) is 6.22. The molecule has 0 fully saturated rings. The molecular formula is C19H23N3O3. The Bertz CT molecular complexity index is 697. The van der Waals surface area contributed by atoms with Gasteiger partial charge < -0.3 is 9.64 Å². The van der Waals surface area contributed by atoms with Crippen molar-refractivity contribution in [1.29, 1.82) is 0 Å². The van der Waals surface area contributed by atoms with E-state index in [0.717, 1.165) is 5.56 Å². The number of amides is 1. The third-order valence-electron chi connectivity index (χ3n) is 3.32. The lowest BCUT2D eigenvalue weighted by molar-refractivity contribution is -0.155. The van der Waals surface area contributed by atoms with E-state index in [9.17, 15) is 9.59 Å². The summed E-state index contributed by atoms with van der Waals surface area (Å²) in [5.74, 6) is -0.785. The van der Waals surface area contributed by atoms with Gasteiger partial charge in [-0.1, -0.05) is 30.3 Å². The molecule has 1 heterocycles. The largest absolute Gasteiger partial charge is 0.459 e. The molecule has 0 aliphatic carbocycles. The van der Waals surface area contributed by atoms with Crippen molar-refractivity contribution in [2.75, 3.05) is 13.1 Å². The highest BCUT2D eigenvalue weighted by atomic mass is 16.6. The van der Waals surface area contributed by atoms with Gasteiger partial charge in [-0.2, -0.15) is 0 Å². The molecule has 0 spiro atoms. The molecule has 2 rings (SSSR count). The van der Waals surface area contributed by atoms with Crippen LogP contribution < -0.4 is 0 Å². The van der Waals surface area contributed by atoms with Crippen molar-refractivity contribution < 1.29 is 14.3 Å². The number of carbonyl (C=O) groups is 2. The highest BCUT2D eigenvalue weighted by molar-refractivity contribution is 5.94. The summed E-state index contributed by atoms with van der Waals surface area (Å²) in [5.41, 5.74) is 0.695. The van der Waals surface area contributed by atoms with Crippen LogP contribution in [0.25, 0.3) is 0 Å². The fourth-order valence-electron chi connectivity index (χ4n) is 2.26. The fraction of sp³-hybridized carbons (Fsp3) is 0.368. The molecule has 0 saturated heterocycles. The van der Waals surface area contributed by atoms with Gasteiger partial charge in [-0.15, -0.1) is 0 Å². The molecule has 132 valence electrons. The maximum Gasteiger partial charge on any atom is 0.326 e. The van der Waals surface area contributed by atoms with E-state index in [-0.39, 0.29) is 18.1 Å². The van der Waals surface area contributed by atoms with Crippen LogP contribution in [0.3, 0.4) is 0 Å². The SMILES string of the molecule is CC(C)(C)OC(=O)CN(CCc1ccccc1)C(=O)c1cnccn1. The van der Waals surface area contributed by atoms with Crippen molar-refractivity contribution in [3.8, 4) is 0 Å². The standard InChI is InChI=1S/C19H23N3O3/c1-19(2,3)25-17(23)14-22(12-9-15-7-5-4-6-8-15)18(24)16-13-20-10-11-21-16/h4-8,10-11,13H,9,12,14H2,1-3H3. The minimum atomic E-state index is -0.599. The molecule has 0 aliphatic rings. The molecular weight excluding hydrogens is 318 g/mol. The normalized spacial score (nSPS) is 11.0. The summed E-state index contributed by atoms with van der Waals surface area (Å²) >= 11 is 0. The number of ether oxygens (including phenoxy) is 1. The molecule has 1 aromatic heterocycles. The Labute approximate surface area is 147 Å². The Morgan fingerprint density at radius 1 is 1.12 bits per heavy atom. The van der Waals surface area contributed by atoms with Gasteiger partial charge in [-0.05, 0) is 32.8 Å². The Morgan fingerprint density at radius 2 is 1.84 bits per heavy atom. The smallest absolute Gasteiger partial charge is 0.326 e. The Hall–Kier alpha value is -2.76. The van der Waals surface area contributed by atoms with Gasteiger partial charge >= 0.3 is 5.97 Å². The maximum atomic E-state index is 12.7. The number of nitrogens with zero attached hydrogens (tertiary/aromatic N) is 3. The molecule has 6 nitrogen and oxygen atoms in total. The first-order chi connectivity index (χ1) is 11.8. The lowest BCUT2D eigenvalue weighted by atomic mass is 10.1. The molecule has 1 amide bonds. The molecule has 0 atom stereocenters. The number of hydrogen-bond acceptors (Lipinski definition) is 5.